The first-order valence-corrected chi connectivity index (χ1v) is 11.5. The van der Waals surface area contributed by atoms with Gasteiger partial charge in [0.2, 0.25) is 5.91 Å². The average Bonchev–Trinajstić information content (AvgIpc) is 3.45. The number of rotatable bonds is 5. The van der Waals surface area contributed by atoms with E-state index in [1.165, 1.54) is 21.7 Å². The van der Waals surface area contributed by atoms with Crippen molar-refractivity contribution in [2.75, 3.05) is 11.9 Å². The third-order valence-electron chi connectivity index (χ3n) is 6.18. The molecule has 186 valence electrons. The summed E-state index contributed by atoms with van der Waals surface area (Å²) in [6, 6.07) is 8.08. The summed E-state index contributed by atoms with van der Waals surface area (Å²) in [6.07, 6.45) is 2.53. The van der Waals surface area contributed by atoms with Crippen LogP contribution in [0, 0.1) is 5.82 Å². The maximum absolute atomic E-state index is 14.6. The quantitative estimate of drug-likeness (QED) is 0.278. The zero-order valence-corrected chi connectivity index (χ0v) is 19.6. The molecule has 1 fully saturated rings. The van der Waals surface area contributed by atoms with Crippen LogP contribution < -0.4 is 16.4 Å². The molecule has 0 bridgehead atoms. The smallest absolute Gasteiger partial charge is 0.323 e. The molecule has 0 aliphatic carbocycles. The van der Waals surface area contributed by atoms with Crippen LogP contribution in [0.1, 0.15) is 18.4 Å². The van der Waals surface area contributed by atoms with Gasteiger partial charge in [0, 0.05) is 35.8 Å². The van der Waals surface area contributed by atoms with Crippen LogP contribution in [0.4, 0.5) is 19.7 Å². The lowest BCUT2D eigenvalue weighted by Gasteiger charge is -2.24. The Bertz CT molecular complexity index is 1470. The molecular weight excluding hydrogens is 491 g/mol. The van der Waals surface area contributed by atoms with Crippen molar-refractivity contribution >= 4 is 46.2 Å². The molecule has 1 aliphatic rings. The van der Waals surface area contributed by atoms with E-state index < -0.39 is 29.8 Å². The van der Waals surface area contributed by atoms with Gasteiger partial charge in [0.15, 0.2) is 5.82 Å². The first kappa shape index (κ1) is 23.4. The van der Waals surface area contributed by atoms with Gasteiger partial charge in [-0.15, -0.1) is 5.10 Å². The lowest BCUT2D eigenvalue weighted by Crippen LogP contribution is -2.47. The first-order valence-electron chi connectivity index (χ1n) is 11.2. The van der Waals surface area contributed by atoms with E-state index in [0.29, 0.717) is 47.4 Å². The maximum Gasteiger partial charge on any atom is 0.323 e. The Hall–Kier alpha value is -4.32. The number of benzene rings is 2. The SMILES string of the molecule is NC(=O)n1cc(NC(=O)N2CCC[C@H]2C(=O)NCc2cc(-c3n[nH][nH]3)cc(Cl)c2F)c2ccccc21. The number of halogens is 2. The molecule has 1 saturated heterocycles. The van der Waals surface area contributed by atoms with Crippen LogP contribution in [0.25, 0.3) is 22.3 Å². The zero-order valence-electron chi connectivity index (χ0n) is 18.8. The van der Waals surface area contributed by atoms with Gasteiger partial charge in [-0.3, -0.25) is 14.5 Å². The predicted molar refractivity (Wildman–Crippen MR) is 131 cm³/mol. The van der Waals surface area contributed by atoms with E-state index in [1.54, 1.807) is 30.3 Å². The Morgan fingerprint density at radius 2 is 2.03 bits per heavy atom. The largest absolute Gasteiger partial charge is 0.351 e. The second-order valence-corrected chi connectivity index (χ2v) is 8.80. The third-order valence-corrected chi connectivity index (χ3v) is 6.45. The number of H-pyrrole nitrogens is 2. The summed E-state index contributed by atoms with van der Waals surface area (Å²) in [6.45, 7) is 0.254. The van der Waals surface area contributed by atoms with E-state index in [9.17, 15) is 18.8 Å². The molecule has 0 unspecified atom stereocenters. The number of primary amides is 1. The highest BCUT2D eigenvalue weighted by atomic mass is 35.5. The molecule has 3 heterocycles. The second kappa shape index (κ2) is 9.38. The summed E-state index contributed by atoms with van der Waals surface area (Å²) in [4.78, 5) is 39.3. The molecule has 0 radical (unpaired) electrons. The number of para-hydroxylation sites is 1. The van der Waals surface area contributed by atoms with Gasteiger partial charge < -0.3 is 21.3 Å². The summed E-state index contributed by atoms with van der Waals surface area (Å²) in [5.74, 6) is -0.551. The molecule has 13 heteroatoms. The number of aromatic amines is 2. The van der Waals surface area contributed by atoms with Crippen LogP contribution >= 0.6 is 11.6 Å². The van der Waals surface area contributed by atoms with Crippen molar-refractivity contribution in [2.24, 2.45) is 5.73 Å². The molecule has 11 nitrogen and oxygen atoms in total. The molecule has 2 aromatic heterocycles. The molecule has 2 aromatic carbocycles. The van der Waals surface area contributed by atoms with Crippen LogP contribution in [0.15, 0.2) is 42.6 Å². The monoisotopic (exact) mass is 512 g/mol. The van der Waals surface area contributed by atoms with Crippen LogP contribution in [0.5, 0.6) is 0 Å². The van der Waals surface area contributed by atoms with Crippen molar-refractivity contribution in [1.29, 1.82) is 0 Å². The Morgan fingerprint density at radius 3 is 2.75 bits per heavy atom. The normalized spacial score (nSPS) is 15.4. The Kier molecular flexibility index (Phi) is 6.10. The van der Waals surface area contributed by atoms with Crippen molar-refractivity contribution in [3.05, 3.63) is 59.0 Å². The second-order valence-electron chi connectivity index (χ2n) is 8.40. The van der Waals surface area contributed by atoms with Crippen molar-refractivity contribution in [3.8, 4) is 11.4 Å². The maximum atomic E-state index is 14.6. The van der Waals surface area contributed by atoms with Crippen molar-refractivity contribution in [1.82, 2.24) is 30.2 Å². The number of fused-ring (bicyclic) bond motifs is 1. The number of likely N-dealkylation sites (tertiary alicyclic amines) is 1. The highest BCUT2D eigenvalue weighted by Crippen LogP contribution is 2.28. The number of nitrogens with zero attached hydrogens (tertiary/aromatic N) is 3. The fourth-order valence-corrected chi connectivity index (χ4v) is 4.63. The van der Waals surface area contributed by atoms with E-state index >= 15 is 0 Å². The molecule has 5 rings (SSSR count). The number of nitrogens with two attached hydrogens (primary N) is 1. The number of hydrogen-bond acceptors (Lipinski definition) is 4. The molecule has 1 atom stereocenters. The molecule has 4 aromatic rings. The lowest BCUT2D eigenvalue weighted by molar-refractivity contribution is -0.124. The van der Waals surface area contributed by atoms with Gasteiger partial charge in [-0.1, -0.05) is 29.8 Å². The van der Waals surface area contributed by atoms with Gasteiger partial charge in [-0.25, -0.2) is 19.2 Å². The van der Waals surface area contributed by atoms with E-state index in [4.69, 9.17) is 17.3 Å². The van der Waals surface area contributed by atoms with E-state index in [1.807, 2.05) is 0 Å². The van der Waals surface area contributed by atoms with Gasteiger partial charge in [-0.05, 0) is 31.0 Å². The Labute approximate surface area is 208 Å². The molecule has 6 N–H and O–H groups in total. The van der Waals surface area contributed by atoms with E-state index in [-0.39, 0.29) is 17.1 Å². The van der Waals surface area contributed by atoms with Crippen LogP contribution in [-0.2, 0) is 11.3 Å². The number of urea groups is 1. The van der Waals surface area contributed by atoms with Gasteiger partial charge in [0.1, 0.15) is 11.9 Å². The van der Waals surface area contributed by atoms with Gasteiger partial charge >= 0.3 is 12.1 Å². The summed E-state index contributed by atoms with van der Waals surface area (Å²) < 4.78 is 15.8. The highest BCUT2D eigenvalue weighted by molar-refractivity contribution is 6.31. The molecule has 4 amide bonds. The van der Waals surface area contributed by atoms with Crippen LogP contribution in [-0.4, -0.2) is 55.4 Å². The fraction of sp³-hybridized carbons (Fsp3) is 0.217. The Balaban J connectivity index is 1.29. The van der Waals surface area contributed by atoms with Crippen LogP contribution in [0.3, 0.4) is 0 Å². The summed E-state index contributed by atoms with van der Waals surface area (Å²) in [5.41, 5.74) is 7.16. The zero-order chi connectivity index (χ0) is 25.4. The topological polar surface area (TPSA) is 154 Å². The van der Waals surface area contributed by atoms with E-state index in [2.05, 4.69) is 26.0 Å². The number of anilines is 1. The first-order chi connectivity index (χ1) is 17.3. The molecule has 36 heavy (non-hydrogen) atoms. The van der Waals surface area contributed by atoms with Crippen molar-refractivity contribution < 1.29 is 18.8 Å². The summed E-state index contributed by atoms with van der Waals surface area (Å²) in [5, 5.41) is 15.2. The highest BCUT2D eigenvalue weighted by Gasteiger charge is 2.34. The summed E-state index contributed by atoms with van der Waals surface area (Å²) in [7, 11) is 0. The van der Waals surface area contributed by atoms with Crippen molar-refractivity contribution in [3.63, 3.8) is 0 Å². The number of aromatic nitrogens is 4. The number of carbonyl (C=O) groups excluding carboxylic acids is 3. The third kappa shape index (κ3) is 4.26. The number of carbonyl (C=O) groups is 3. The average molecular weight is 513 g/mol. The molecule has 1 aliphatic heterocycles. The fourth-order valence-electron chi connectivity index (χ4n) is 4.39. The molecule has 0 spiro atoms. The molecule has 0 saturated carbocycles. The Morgan fingerprint density at radius 1 is 1.25 bits per heavy atom. The van der Waals surface area contributed by atoms with Crippen LogP contribution in [0.2, 0.25) is 5.02 Å². The summed E-state index contributed by atoms with van der Waals surface area (Å²) >= 11 is 6.01. The number of hydrogen-bond donors (Lipinski definition) is 5. The van der Waals surface area contributed by atoms with E-state index in [0.717, 1.165) is 0 Å². The minimum atomic E-state index is -0.738. The minimum Gasteiger partial charge on any atom is -0.351 e. The van der Waals surface area contributed by atoms with Gasteiger partial charge in [-0.2, -0.15) is 0 Å². The number of amides is 4. The van der Waals surface area contributed by atoms with Gasteiger partial charge in [0.05, 0.1) is 16.2 Å². The van der Waals surface area contributed by atoms with Crippen molar-refractivity contribution in [2.45, 2.75) is 25.4 Å². The molecular formula is C23H22ClFN8O3. The number of nitrogens with one attached hydrogen (secondary N) is 4. The minimum absolute atomic E-state index is 0.0925. The van der Waals surface area contributed by atoms with Gasteiger partial charge in [0.25, 0.3) is 0 Å². The lowest BCUT2D eigenvalue weighted by atomic mass is 10.1. The standard InChI is InChI=1S/C23H22ClFN8O3/c24-15-9-12(20-29-31-30-20)8-13(19(15)25)10-27-21(34)18-6-3-7-32(18)23(36)28-16-11-33(22(26)35)17-5-2-1-4-14(16)17/h1-2,4-5,8-9,11,18,31H,3,6-7,10H2,(H2,26,35)(H,27,34)(H,28,36)(H,29,30)/t18-/m0/s1. The predicted octanol–water partition coefficient (Wildman–Crippen LogP) is 3.39.